The van der Waals surface area contributed by atoms with Crippen LogP contribution in [0.4, 0.5) is 0 Å². The van der Waals surface area contributed by atoms with Crippen LogP contribution in [0.25, 0.3) is 0 Å². The molecule has 1 N–H and O–H groups in total. The van der Waals surface area contributed by atoms with Gasteiger partial charge in [0, 0.05) is 12.5 Å². The average Bonchev–Trinajstić information content (AvgIpc) is 3.28. The molecule has 2 heterocycles. The van der Waals surface area contributed by atoms with E-state index in [1.165, 1.54) is 30.4 Å². The summed E-state index contributed by atoms with van der Waals surface area (Å²) in [6.45, 7) is 3.09. The topological polar surface area (TPSA) is 45.5 Å². The quantitative estimate of drug-likeness (QED) is 0.841. The van der Waals surface area contributed by atoms with Gasteiger partial charge in [-0.25, -0.2) is 0 Å². The van der Waals surface area contributed by atoms with E-state index in [2.05, 4.69) is 40.5 Å². The Kier molecular flexibility index (Phi) is 4.75. The Morgan fingerprint density at radius 2 is 1.96 bits per heavy atom. The number of carbonyl (C=O) groups is 1. The van der Waals surface area contributed by atoms with Gasteiger partial charge in [0.1, 0.15) is 5.76 Å². The van der Waals surface area contributed by atoms with Crippen molar-refractivity contribution in [3.05, 3.63) is 59.5 Å². The van der Waals surface area contributed by atoms with Gasteiger partial charge in [0.15, 0.2) is 0 Å². The number of fused-ring (bicyclic) bond motifs is 2. The first-order chi connectivity index (χ1) is 13.7. The predicted octanol–water partition coefficient (Wildman–Crippen LogP) is 4.36. The summed E-state index contributed by atoms with van der Waals surface area (Å²) in [5.74, 6) is 1.66. The van der Waals surface area contributed by atoms with Crippen LogP contribution >= 0.6 is 0 Å². The molecule has 4 nitrogen and oxygen atoms in total. The van der Waals surface area contributed by atoms with Gasteiger partial charge in [0.05, 0.1) is 12.8 Å². The first-order valence-corrected chi connectivity index (χ1v) is 10.9. The summed E-state index contributed by atoms with van der Waals surface area (Å²) < 4.78 is 5.53. The summed E-state index contributed by atoms with van der Waals surface area (Å²) in [5.41, 5.74) is 3.18. The molecule has 1 aliphatic heterocycles. The molecule has 1 saturated carbocycles. The highest BCUT2D eigenvalue weighted by Crippen LogP contribution is 2.52. The third-order valence-corrected chi connectivity index (χ3v) is 7.28. The standard InChI is InChI=1S/C24H30N2O2/c27-23(25-19-5-3-6-19)15-18-16-24(22-9-2-1-8-21(18)22)10-12-26(13-11-24)17-20-7-4-14-28-20/h1-2,4,7-9,14,18-19H,3,5-6,10-13,15-17H2,(H,25,27)/t18-/m0/s1. The molecule has 0 radical (unpaired) electrons. The monoisotopic (exact) mass is 378 g/mol. The maximum absolute atomic E-state index is 12.6. The van der Waals surface area contributed by atoms with Crippen molar-refractivity contribution in [3.63, 3.8) is 0 Å². The molecule has 28 heavy (non-hydrogen) atoms. The molecule has 1 aromatic carbocycles. The van der Waals surface area contributed by atoms with Gasteiger partial charge in [-0.2, -0.15) is 0 Å². The van der Waals surface area contributed by atoms with E-state index >= 15 is 0 Å². The molecule has 2 fully saturated rings. The maximum atomic E-state index is 12.6. The number of nitrogens with zero attached hydrogens (tertiary/aromatic N) is 1. The molecule has 0 bridgehead atoms. The smallest absolute Gasteiger partial charge is 0.220 e. The largest absolute Gasteiger partial charge is 0.468 e. The number of nitrogens with one attached hydrogen (secondary N) is 1. The molecule has 2 aromatic rings. The van der Waals surface area contributed by atoms with Crippen molar-refractivity contribution in [3.8, 4) is 0 Å². The Morgan fingerprint density at radius 3 is 2.68 bits per heavy atom. The minimum Gasteiger partial charge on any atom is -0.468 e. The summed E-state index contributed by atoms with van der Waals surface area (Å²) in [6, 6.07) is 13.4. The van der Waals surface area contributed by atoms with Crippen LogP contribution in [-0.2, 0) is 16.8 Å². The number of furan rings is 1. The number of benzene rings is 1. The van der Waals surface area contributed by atoms with Crippen molar-refractivity contribution >= 4 is 5.91 Å². The first-order valence-electron chi connectivity index (χ1n) is 10.9. The molecular formula is C24H30N2O2. The lowest BCUT2D eigenvalue weighted by molar-refractivity contribution is -0.122. The Morgan fingerprint density at radius 1 is 1.14 bits per heavy atom. The zero-order chi connectivity index (χ0) is 19.0. The van der Waals surface area contributed by atoms with Crippen LogP contribution < -0.4 is 5.32 Å². The van der Waals surface area contributed by atoms with Crippen LogP contribution in [0.15, 0.2) is 47.1 Å². The van der Waals surface area contributed by atoms with Gasteiger partial charge in [-0.3, -0.25) is 9.69 Å². The van der Waals surface area contributed by atoms with E-state index in [0.29, 0.717) is 18.4 Å². The van der Waals surface area contributed by atoms with Gasteiger partial charge in [-0.1, -0.05) is 24.3 Å². The van der Waals surface area contributed by atoms with Gasteiger partial charge in [0.25, 0.3) is 0 Å². The summed E-state index contributed by atoms with van der Waals surface area (Å²) in [6.07, 6.45) is 9.44. The van der Waals surface area contributed by atoms with Crippen LogP contribution in [-0.4, -0.2) is 29.9 Å². The molecular weight excluding hydrogens is 348 g/mol. The van der Waals surface area contributed by atoms with Crippen LogP contribution in [0, 0.1) is 0 Å². The number of amides is 1. The number of hydrogen-bond acceptors (Lipinski definition) is 3. The van der Waals surface area contributed by atoms with Gasteiger partial charge in [-0.15, -0.1) is 0 Å². The molecule has 1 saturated heterocycles. The molecule has 4 heteroatoms. The molecule has 0 unspecified atom stereocenters. The molecule has 1 aromatic heterocycles. The third-order valence-electron chi connectivity index (χ3n) is 7.28. The van der Waals surface area contributed by atoms with Crippen LogP contribution in [0.1, 0.15) is 67.8 Å². The van der Waals surface area contributed by atoms with E-state index in [0.717, 1.165) is 44.7 Å². The Hall–Kier alpha value is -2.07. The van der Waals surface area contributed by atoms with E-state index in [9.17, 15) is 4.79 Å². The lowest BCUT2D eigenvalue weighted by atomic mass is 9.73. The van der Waals surface area contributed by atoms with Crippen molar-refractivity contribution in [2.75, 3.05) is 13.1 Å². The number of likely N-dealkylation sites (tertiary alicyclic amines) is 1. The second kappa shape index (κ2) is 7.40. The normalized spacial score (nSPS) is 24.1. The lowest BCUT2D eigenvalue weighted by Gasteiger charge is -2.40. The van der Waals surface area contributed by atoms with Crippen molar-refractivity contribution in [2.45, 2.75) is 68.9 Å². The Balaban J connectivity index is 1.27. The minimum absolute atomic E-state index is 0.247. The first kappa shape index (κ1) is 18.0. The molecule has 5 rings (SSSR count). The maximum Gasteiger partial charge on any atom is 0.220 e. The molecule has 1 amide bonds. The zero-order valence-corrected chi connectivity index (χ0v) is 16.5. The predicted molar refractivity (Wildman–Crippen MR) is 109 cm³/mol. The summed E-state index contributed by atoms with van der Waals surface area (Å²) >= 11 is 0. The number of piperidine rings is 1. The molecule has 1 spiro atoms. The van der Waals surface area contributed by atoms with E-state index in [-0.39, 0.29) is 11.3 Å². The average molecular weight is 379 g/mol. The van der Waals surface area contributed by atoms with Gasteiger partial charge in [-0.05, 0) is 86.2 Å². The highest BCUT2D eigenvalue weighted by molar-refractivity contribution is 5.77. The molecule has 2 aliphatic carbocycles. The van der Waals surface area contributed by atoms with E-state index < -0.39 is 0 Å². The second-order valence-electron chi connectivity index (χ2n) is 9.02. The second-order valence-corrected chi connectivity index (χ2v) is 9.02. The Bertz CT molecular complexity index is 817. The summed E-state index contributed by atoms with van der Waals surface area (Å²) in [4.78, 5) is 15.1. The number of carbonyl (C=O) groups excluding carboxylic acids is 1. The molecule has 148 valence electrons. The SMILES string of the molecule is O=C(C[C@H]1CC2(CCN(Cc3ccco3)CC2)c2ccccc21)NC1CCC1. The highest BCUT2D eigenvalue weighted by atomic mass is 16.3. The fourth-order valence-electron chi connectivity index (χ4n) is 5.51. The fraction of sp³-hybridized carbons (Fsp3) is 0.542. The summed E-state index contributed by atoms with van der Waals surface area (Å²) in [7, 11) is 0. The van der Waals surface area contributed by atoms with Gasteiger partial charge >= 0.3 is 0 Å². The zero-order valence-electron chi connectivity index (χ0n) is 16.5. The molecule has 1 atom stereocenters. The van der Waals surface area contributed by atoms with Gasteiger partial charge < -0.3 is 9.73 Å². The highest BCUT2D eigenvalue weighted by Gasteiger charge is 2.45. The van der Waals surface area contributed by atoms with Crippen molar-refractivity contribution in [1.82, 2.24) is 10.2 Å². The van der Waals surface area contributed by atoms with Crippen molar-refractivity contribution in [1.29, 1.82) is 0 Å². The van der Waals surface area contributed by atoms with E-state index in [1.54, 1.807) is 6.26 Å². The van der Waals surface area contributed by atoms with Crippen LogP contribution in [0.2, 0.25) is 0 Å². The van der Waals surface area contributed by atoms with Crippen molar-refractivity contribution in [2.24, 2.45) is 0 Å². The molecule has 3 aliphatic rings. The fourth-order valence-corrected chi connectivity index (χ4v) is 5.51. The lowest BCUT2D eigenvalue weighted by Crippen LogP contribution is -2.41. The summed E-state index contributed by atoms with van der Waals surface area (Å²) in [5, 5.41) is 3.24. The number of rotatable bonds is 5. The third kappa shape index (κ3) is 3.39. The Labute approximate surface area is 167 Å². The van der Waals surface area contributed by atoms with E-state index in [1.807, 2.05) is 6.07 Å². The number of hydrogen-bond donors (Lipinski definition) is 1. The van der Waals surface area contributed by atoms with Crippen molar-refractivity contribution < 1.29 is 9.21 Å². The van der Waals surface area contributed by atoms with Crippen LogP contribution in [0.3, 0.4) is 0 Å². The van der Waals surface area contributed by atoms with Crippen LogP contribution in [0.5, 0.6) is 0 Å². The van der Waals surface area contributed by atoms with Gasteiger partial charge in [0.2, 0.25) is 5.91 Å². The minimum atomic E-state index is 0.247. The van der Waals surface area contributed by atoms with E-state index in [4.69, 9.17) is 4.42 Å².